The molecule has 0 aliphatic carbocycles. The van der Waals surface area contributed by atoms with Gasteiger partial charge in [-0.15, -0.1) is 0 Å². The number of amides is 1. The zero-order valence-corrected chi connectivity index (χ0v) is 15.6. The number of phenols is 1. The first-order valence-corrected chi connectivity index (χ1v) is 8.83. The highest BCUT2D eigenvalue weighted by atomic mass is 19.4. The summed E-state index contributed by atoms with van der Waals surface area (Å²) in [5.41, 5.74) is 2.57. The van der Waals surface area contributed by atoms with Crippen molar-refractivity contribution in [3.63, 3.8) is 0 Å². The Labute approximate surface area is 170 Å². The maximum absolute atomic E-state index is 13.0. The van der Waals surface area contributed by atoms with Crippen LogP contribution >= 0.6 is 0 Å². The van der Waals surface area contributed by atoms with Crippen LogP contribution < -0.4 is 10.2 Å². The lowest BCUT2D eigenvalue weighted by molar-refractivity contribution is -0.138. The van der Waals surface area contributed by atoms with Crippen molar-refractivity contribution in [3.8, 4) is 11.5 Å². The van der Waals surface area contributed by atoms with Gasteiger partial charge in [0.05, 0.1) is 11.8 Å². The van der Waals surface area contributed by atoms with Crippen molar-refractivity contribution in [2.24, 2.45) is 5.10 Å². The molecule has 2 N–H and O–H groups in total. The lowest BCUT2D eigenvalue weighted by Crippen LogP contribution is -2.17. The van der Waals surface area contributed by atoms with Crippen molar-refractivity contribution in [3.05, 3.63) is 95.1 Å². The van der Waals surface area contributed by atoms with Gasteiger partial charge < -0.3 is 9.84 Å². The number of rotatable bonds is 6. The highest BCUT2D eigenvalue weighted by Crippen LogP contribution is 2.32. The first-order valence-electron chi connectivity index (χ1n) is 8.83. The van der Waals surface area contributed by atoms with Gasteiger partial charge in [-0.1, -0.05) is 24.3 Å². The summed E-state index contributed by atoms with van der Waals surface area (Å²) in [6, 6.07) is 17.6. The fourth-order valence-corrected chi connectivity index (χ4v) is 2.61. The topological polar surface area (TPSA) is 70.9 Å². The second-order valence-corrected chi connectivity index (χ2v) is 6.26. The van der Waals surface area contributed by atoms with E-state index < -0.39 is 17.6 Å². The number of hydrogen-bond donors (Lipinski definition) is 2. The van der Waals surface area contributed by atoms with Gasteiger partial charge in [-0.25, -0.2) is 5.43 Å². The van der Waals surface area contributed by atoms with E-state index in [1.165, 1.54) is 42.6 Å². The Bertz CT molecular complexity index is 1050. The monoisotopic (exact) mass is 414 g/mol. The molecule has 0 bridgehead atoms. The van der Waals surface area contributed by atoms with Gasteiger partial charge in [0.1, 0.15) is 18.1 Å². The van der Waals surface area contributed by atoms with Gasteiger partial charge in [-0.2, -0.15) is 18.3 Å². The van der Waals surface area contributed by atoms with E-state index in [-0.39, 0.29) is 23.5 Å². The van der Waals surface area contributed by atoms with Gasteiger partial charge in [0.2, 0.25) is 0 Å². The lowest BCUT2D eigenvalue weighted by Gasteiger charge is -2.13. The molecule has 0 saturated carbocycles. The van der Waals surface area contributed by atoms with Crippen molar-refractivity contribution >= 4 is 12.1 Å². The van der Waals surface area contributed by atoms with E-state index in [2.05, 4.69) is 10.5 Å². The predicted octanol–water partition coefficient (Wildman–Crippen LogP) is 4.75. The van der Waals surface area contributed by atoms with Gasteiger partial charge in [0.15, 0.2) is 0 Å². The average molecular weight is 414 g/mol. The Morgan fingerprint density at radius 1 is 1.03 bits per heavy atom. The van der Waals surface area contributed by atoms with Crippen molar-refractivity contribution in [1.82, 2.24) is 5.43 Å². The van der Waals surface area contributed by atoms with Crippen molar-refractivity contribution in [1.29, 1.82) is 0 Å². The molecule has 5 nitrogen and oxygen atoms in total. The third kappa shape index (κ3) is 5.60. The standard InChI is InChI=1S/C22H17F3N2O3/c23-22(24,25)20-7-2-1-4-17(20)14-30-19-10-8-15(9-11-19)13-26-27-21(29)16-5-3-6-18(28)12-16/h1-13,28H,14H2,(H,27,29)/b26-13+. The molecule has 0 fully saturated rings. The summed E-state index contributed by atoms with van der Waals surface area (Å²) in [5.74, 6) is -0.113. The summed E-state index contributed by atoms with van der Waals surface area (Å²) in [7, 11) is 0. The molecule has 8 heteroatoms. The van der Waals surface area contributed by atoms with E-state index in [4.69, 9.17) is 4.74 Å². The SMILES string of the molecule is O=C(N/N=C/c1ccc(OCc2ccccc2C(F)(F)F)cc1)c1cccc(O)c1. The van der Waals surface area contributed by atoms with Gasteiger partial charge in [-0.3, -0.25) is 4.79 Å². The van der Waals surface area contributed by atoms with Crippen molar-refractivity contribution < 1.29 is 27.8 Å². The number of nitrogens with zero attached hydrogens (tertiary/aromatic N) is 1. The van der Waals surface area contributed by atoms with Gasteiger partial charge in [0.25, 0.3) is 5.91 Å². The predicted molar refractivity (Wildman–Crippen MR) is 105 cm³/mol. The molecule has 0 aromatic heterocycles. The smallest absolute Gasteiger partial charge is 0.416 e. The minimum absolute atomic E-state index is 0.0277. The molecule has 0 saturated heterocycles. The van der Waals surface area contributed by atoms with Gasteiger partial charge in [-0.05, 0) is 54.1 Å². The summed E-state index contributed by atoms with van der Waals surface area (Å²) in [6.45, 7) is -0.219. The van der Waals surface area contributed by atoms with Crippen LogP contribution in [0.5, 0.6) is 11.5 Å². The number of phenolic OH excluding ortho intramolecular Hbond substituents is 1. The van der Waals surface area contributed by atoms with Crippen LogP contribution in [0.4, 0.5) is 13.2 Å². The summed E-state index contributed by atoms with van der Waals surface area (Å²) in [6.07, 6.45) is -3.04. The minimum Gasteiger partial charge on any atom is -0.508 e. The molecule has 0 unspecified atom stereocenters. The summed E-state index contributed by atoms with van der Waals surface area (Å²) < 4.78 is 44.5. The number of hydrogen-bond acceptors (Lipinski definition) is 4. The maximum atomic E-state index is 13.0. The fraction of sp³-hybridized carbons (Fsp3) is 0.0909. The molecular formula is C22H17F3N2O3. The molecular weight excluding hydrogens is 397 g/mol. The second kappa shape index (κ2) is 9.13. The Kier molecular flexibility index (Phi) is 6.36. The Morgan fingerprint density at radius 3 is 2.47 bits per heavy atom. The van der Waals surface area contributed by atoms with Crippen LogP contribution in [-0.4, -0.2) is 17.2 Å². The molecule has 154 valence electrons. The molecule has 30 heavy (non-hydrogen) atoms. The first-order chi connectivity index (χ1) is 14.3. The number of carbonyl (C=O) groups is 1. The molecule has 0 spiro atoms. The van der Waals surface area contributed by atoms with E-state index in [1.54, 1.807) is 30.3 Å². The van der Waals surface area contributed by atoms with E-state index in [0.29, 0.717) is 11.3 Å². The Balaban J connectivity index is 1.57. The Hall–Kier alpha value is -3.81. The molecule has 3 aromatic rings. The number of alkyl halides is 3. The van der Waals surface area contributed by atoms with Crippen LogP contribution in [0.15, 0.2) is 77.9 Å². The molecule has 0 atom stereocenters. The molecule has 1 amide bonds. The second-order valence-electron chi connectivity index (χ2n) is 6.26. The number of aromatic hydroxyl groups is 1. The fourth-order valence-electron chi connectivity index (χ4n) is 2.61. The number of ether oxygens (including phenoxy) is 1. The normalized spacial score (nSPS) is 11.4. The lowest BCUT2D eigenvalue weighted by atomic mass is 10.1. The molecule has 0 radical (unpaired) electrons. The van der Waals surface area contributed by atoms with Crippen LogP contribution in [0.25, 0.3) is 0 Å². The van der Waals surface area contributed by atoms with Crippen LogP contribution in [0, 0.1) is 0 Å². The van der Waals surface area contributed by atoms with E-state index >= 15 is 0 Å². The summed E-state index contributed by atoms with van der Waals surface area (Å²) in [4.78, 5) is 11.9. The first kappa shape index (κ1) is 20.9. The highest BCUT2D eigenvalue weighted by molar-refractivity contribution is 5.95. The van der Waals surface area contributed by atoms with E-state index in [9.17, 15) is 23.1 Å². The number of carbonyl (C=O) groups excluding carboxylic acids is 1. The van der Waals surface area contributed by atoms with Gasteiger partial charge in [0, 0.05) is 11.1 Å². The molecule has 3 aromatic carbocycles. The largest absolute Gasteiger partial charge is 0.508 e. The third-order valence-electron chi connectivity index (χ3n) is 4.09. The number of halogens is 3. The van der Waals surface area contributed by atoms with Gasteiger partial charge >= 0.3 is 6.18 Å². The number of hydrazone groups is 1. The van der Waals surface area contributed by atoms with Crippen LogP contribution in [0.1, 0.15) is 27.0 Å². The molecule has 3 rings (SSSR count). The van der Waals surface area contributed by atoms with Crippen LogP contribution in [-0.2, 0) is 12.8 Å². The highest BCUT2D eigenvalue weighted by Gasteiger charge is 2.32. The number of nitrogens with one attached hydrogen (secondary N) is 1. The molecule has 0 aliphatic rings. The van der Waals surface area contributed by atoms with Crippen LogP contribution in [0.2, 0.25) is 0 Å². The van der Waals surface area contributed by atoms with E-state index in [1.807, 2.05) is 0 Å². The zero-order chi connectivity index (χ0) is 21.6. The van der Waals surface area contributed by atoms with Crippen molar-refractivity contribution in [2.45, 2.75) is 12.8 Å². The van der Waals surface area contributed by atoms with Crippen LogP contribution in [0.3, 0.4) is 0 Å². The van der Waals surface area contributed by atoms with E-state index in [0.717, 1.165) is 6.07 Å². The molecule has 0 heterocycles. The maximum Gasteiger partial charge on any atom is 0.416 e. The van der Waals surface area contributed by atoms with Crippen molar-refractivity contribution in [2.75, 3.05) is 0 Å². The molecule has 0 aliphatic heterocycles. The minimum atomic E-state index is -4.44. The number of benzene rings is 3. The Morgan fingerprint density at radius 2 is 1.77 bits per heavy atom. The quantitative estimate of drug-likeness (QED) is 0.452. The average Bonchev–Trinajstić information content (AvgIpc) is 2.72. The zero-order valence-electron chi connectivity index (χ0n) is 15.6. The summed E-state index contributed by atoms with van der Waals surface area (Å²) >= 11 is 0. The third-order valence-corrected chi connectivity index (χ3v) is 4.09. The summed E-state index contributed by atoms with van der Waals surface area (Å²) in [5, 5.41) is 13.2.